The molecule has 0 aliphatic heterocycles. The van der Waals surface area contributed by atoms with Crippen LogP contribution in [0.3, 0.4) is 0 Å². The Morgan fingerprint density at radius 1 is 1.24 bits per heavy atom. The van der Waals surface area contributed by atoms with Gasteiger partial charge in [-0.1, -0.05) is 29.8 Å². The summed E-state index contributed by atoms with van der Waals surface area (Å²) < 4.78 is 11.8. The van der Waals surface area contributed by atoms with Gasteiger partial charge in [-0.15, -0.1) is 0 Å². The van der Waals surface area contributed by atoms with Crippen LogP contribution in [0.15, 0.2) is 46.5 Å². The zero-order chi connectivity index (χ0) is 12.1. The Balaban J connectivity index is 1.95. The number of hydrogen-bond acceptors (Lipinski definition) is 2. The van der Waals surface area contributed by atoms with Crippen LogP contribution in [0, 0.1) is 6.92 Å². The van der Waals surface area contributed by atoms with Gasteiger partial charge in [-0.25, -0.2) is 0 Å². The van der Waals surface area contributed by atoms with Gasteiger partial charge in [-0.3, -0.25) is 4.21 Å². The summed E-state index contributed by atoms with van der Waals surface area (Å²) >= 11 is 1.65. The first kappa shape index (κ1) is 12.3. The lowest BCUT2D eigenvalue weighted by atomic mass is 10.2. The standard InChI is InChI=1S/C14H14OS2/c1-12-2-4-14(5-3-12)11-17(15)9-7-13-6-8-16-10-13/h2-10H,11H2,1H3/b9-7+. The van der Waals surface area contributed by atoms with Crippen LogP contribution < -0.4 is 0 Å². The maximum atomic E-state index is 11.8. The van der Waals surface area contributed by atoms with Crippen molar-refractivity contribution >= 4 is 28.2 Å². The lowest BCUT2D eigenvalue weighted by Gasteiger charge is -1.98. The van der Waals surface area contributed by atoms with Crippen molar-refractivity contribution in [3.05, 3.63) is 63.2 Å². The van der Waals surface area contributed by atoms with Gasteiger partial charge in [-0.2, -0.15) is 11.3 Å². The zero-order valence-corrected chi connectivity index (χ0v) is 11.3. The molecule has 0 radical (unpaired) electrons. The van der Waals surface area contributed by atoms with Crippen LogP contribution >= 0.6 is 11.3 Å². The monoisotopic (exact) mass is 262 g/mol. The fourth-order valence-electron chi connectivity index (χ4n) is 1.42. The Kier molecular flexibility index (Phi) is 4.29. The number of rotatable bonds is 4. The normalized spacial score (nSPS) is 13.0. The van der Waals surface area contributed by atoms with Crippen LogP contribution in [-0.4, -0.2) is 4.21 Å². The molecule has 1 atom stereocenters. The van der Waals surface area contributed by atoms with E-state index >= 15 is 0 Å². The molecule has 1 aromatic carbocycles. The third kappa shape index (κ3) is 3.95. The average Bonchev–Trinajstić information content (AvgIpc) is 2.83. The van der Waals surface area contributed by atoms with Gasteiger partial charge in [0.1, 0.15) is 0 Å². The van der Waals surface area contributed by atoms with Crippen LogP contribution in [0.5, 0.6) is 0 Å². The van der Waals surface area contributed by atoms with E-state index in [1.54, 1.807) is 16.7 Å². The van der Waals surface area contributed by atoms with Gasteiger partial charge in [0.15, 0.2) is 0 Å². The van der Waals surface area contributed by atoms with Crippen LogP contribution in [0.2, 0.25) is 0 Å². The lowest BCUT2D eigenvalue weighted by Crippen LogP contribution is -1.91. The molecular formula is C14H14OS2. The second-order valence-corrected chi connectivity index (χ2v) is 5.97. The van der Waals surface area contributed by atoms with Gasteiger partial charge in [0.25, 0.3) is 0 Å². The van der Waals surface area contributed by atoms with E-state index in [0.29, 0.717) is 5.75 Å². The van der Waals surface area contributed by atoms with E-state index in [9.17, 15) is 4.21 Å². The fraction of sp³-hybridized carbons (Fsp3) is 0.143. The first-order valence-corrected chi connectivity index (χ1v) is 7.69. The van der Waals surface area contributed by atoms with Gasteiger partial charge in [0.2, 0.25) is 0 Å². The molecule has 17 heavy (non-hydrogen) atoms. The van der Waals surface area contributed by atoms with Crippen molar-refractivity contribution in [2.24, 2.45) is 0 Å². The molecule has 1 heterocycles. The van der Waals surface area contributed by atoms with E-state index in [4.69, 9.17) is 0 Å². The highest BCUT2D eigenvalue weighted by molar-refractivity contribution is 7.87. The minimum atomic E-state index is -0.938. The number of hydrogen-bond donors (Lipinski definition) is 0. The quantitative estimate of drug-likeness (QED) is 0.814. The molecule has 0 saturated carbocycles. The molecule has 1 aromatic heterocycles. The molecule has 0 N–H and O–H groups in total. The van der Waals surface area contributed by atoms with E-state index in [2.05, 4.69) is 19.1 Å². The van der Waals surface area contributed by atoms with Crippen molar-refractivity contribution in [2.45, 2.75) is 12.7 Å². The summed E-state index contributed by atoms with van der Waals surface area (Å²) in [5, 5.41) is 5.82. The van der Waals surface area contributed by atoms with Crippen LogP contribution in [-0.2, 0) is 16.6 Å². The third-order valence-corrected chi connectivity index (χ3v) is 4.14. The van der Waals surface area contributed by atoms with Crippen LogP contribution in [0.1, 0.15) is 16.7 Å². The highest BCUT2D eigenvalue weighted by atomic mass is 32.2. The molecule has 0 amide bonds. The average molecular weight is 262 g/mol. The molecule has 0 aliphatic rings. The summed E-state index contributed by atoms with van der Waals surface area (Å²) in [6.07, 6.45) is 1.92. The SMILES string of the molecule is Cc1ccc(CS(=O)/C=C/c2ccsc2)cc1. The number of benzene rings is 1. The Morgan fingerprint density at radius 3 is 2.65 bits per heavy atom. The molecular weight excluding hydrogens is 248 g/mol. The van der Waals surface area contributed by atoms with E-state index in [-0.39, 0.29) is 0 Å². The van der Waals surface area contributed by atoms with Crippen molar-refractivity contribution in [3.8, 4) is 0 Å². The Morgan fingerprint density at radius 2 is 2.00 bits per heavy atom. The van der Waals surface area contributed by atoms with E-state index < -0.39 is 10.8 Å². The van der Waals surface area contributed by atoms with E-state index in [0.717, 1.165) is 11.1 Å². The maximum absolute atomic E-state index is 11.8. The largest absolute Gasteiger partial charge is 0.255 e. The van der Waals surface area contributed by atoms with Crippen molar-refractivity contribution in [3.63, 3.8) is 0 Å². The summed E-state index contributed by atoms with van der Waals surface area (Å²) in [6, 6.07) is 10.2. The lowest BCUT2D eigenvalue weighted by molar-refractivity contribution is 0.688. The minimum absolute atomic E-state index is 0.584. The van der Waals surface area contributed by atoms with Crippen molar-refractivity contribution < 1.29 is 4.21 Å². The second-order valence-electron chi connectivity index (χ2n) is 3.87. The zero-order valence-electron chi connectivity index (χ0n) is 9.63. The molecule has 3 heteroatoms. The molecule has 2 rings (SSSR count). The van der Waals surface area contributed by atoms with Gasteiger partial charge in [0.05, 0.1) is 16.6 Å². The third-order valence-electron chi connectivity index (χ3n) is 2.38. The first-order valence-electron chi connectivity index (χ1n) is 5.37. The summed E-state index contributed by atoms with van der Waals surface area (Å²) in [5.74, 6) is 0.584. The van der Waals surface area contributed by atoms with Crippen molar-refractivity contribution in [1.82, 2.24) is 0 Å². The molecule has 0 saturated heterocycles. The van der Waals surface area contributed by atoms with Crippen LogP contribution in [0.25, 0.3) is 6.08 Å². The summed E-state index contributed by atoms with van der Waals surface area (Å²) in [7, 11) is -0.938. The van der Waals surface area contributed by atoms with Gasteiger partial charge >= 0.3 is 0 Å². The number of thiophene rings is 1. The minimum Gasteiger partial charge on any atom is -0.255 e. The van der Waals surface area contributed by atoms with E-state index in [1.165, 1.54) is 5.56 Å². The predicted octanol–water partition coefficient (Wildman–Crippen LogP) is 3.98. The number of aryl methyl sites for hydroxylation is 1. The molecule has 1 nitrogen and oxygen atoms in total. The topological polar surface area (TPSA) is 17.1 Å². The van der Waals surface area contributed by atoms with Crippen molar-refractivity contribution in [2.75, 3.05) is 0 Å². The predicted molar refractivity (Wildman–Crippen MR) is 76.4 cm³/mol. The highest BCUT2D eigenvalue weighted by Gasteiger charge is 1.97. The summed E-state index contributed by atoms with van der Waals surface area (Å²) in [4.78, 5) is 0. The molecule has 0 fully saturated rings. The molecule has 2 aromatic rings. The summed E-state index contributed by atoms with van der Waals surface area (Å²) in [6.45, 7) is 2.05. The van der Waals surface area contributed by atoms with Gasteiger partial charge in [0, 0.05) is 5.41 Å². The molecule has 0 spiro atoms. The van der Waals surface area contributed by atoms with Crippen LogP contribution in [0.4, 0.5) is 0 Å². The molecule has 88 valence electrons. The molecule has 1 unspecified atom stereocenters. The second kappa shape index (κ2) is 5.94. The highest BCUT2D eigenvalue weighted by Crippen LogP contribution is 2.10. The van der Waals surface area contributed by atoms with E-state index in [1.807, 2.05) is 35.0 Å². The van der Waals surface area contributed by atoms with Crippen molar-refractivity contribution in [1.29, 1.82) is 0 Å². The Labute approximate surface area is 108 Å². The summed E-state index contributed by atoms with van der Waals surface area (Å²) in [5.41, 5.74) is 3.46. The fourth-order valence-corrected chi connectivity index (χ4v) is 2.98. The Hall–Kier alpha value is -1.19. The first-order chi connectivity index (χ1) is 8.24. The smallest absolute Gasteiger partial charge is 0.0526 e. The van der Waals surface area contributed by atoms with Gasteiger partial charge in [-0.05, 0) is 41.0 Å². The maximum Gasteiger partial charge on any atom is 0.0526 e. The Bertz CT molecular complexity index is 510. The molecule has 0 aliphatic carbocycles. The van der Waals surface area contributed by atoms with Gasteiger partial charge < -0.3 is 0 Å². The molecule has 0 bridgehead atoms.